The Morgan fingerprint density at radius 1 is 0.840 bits per heavy atom. The summed E-state index contributed by atoms with van der Waals surface area (Å²) in [4.78, 5) is 0. The molecule has 0 unspecified atom stereocenters. The fourth-order valence-corrected chi connectivity index (χ4v) is 5.43. The average molecular weight is 339 g/mol. The highest BCUT2D eigenvalue weighted by atomic mass is 14.4. The van der Waals surface area contributed by atoms with Gasteiger partial charge in [0.15, 0.2) is 0 Å². The molecule has 2 fully saturated rings. The molecule has 0 N–H and O–H groups in total. The molecule has 25 heavy (non-hydrogen) atoms. The van der Waals surface area contributed by atoms with Gasteiger partial charge in [-0.15, -0.1) is 6.58 Å². The summed E-state index contributed by atoms with van der Waals surface area (Å²) in [6.45, 7) is 6.03. The van der Waals surface area contributed by atoms with E-state index in [1.807, 2.05) is 0 Å². The zero-order valence-corrected chi connectivity index (χ0v) is 16.4. The van der Waals surface area contributed by atoms with E-state index in [2.05, 4.69) is 43.8 Å². The molecule has 0 bridgehead atoms. The number of aryl methyl sites for hydroxylation is 1. The Hall–Kier alpha value is -1.04. The zero-order valence-electron chi connectivity index (χ0n) is 16.4. The van der Waals surface area contributed by atoms with Crippen molar-refractivity contribution in [2.45, 2.75) is 89.9 Å². The number of allylic oxidation sites excluding steroid dienone is 1. The summed E-state index contributed by atoms with van der Waals surface area (Å²) in [6.07, 6.45) is 19.4. The third-order valence-electron chi connectivity index (χ3n) is 7.15. The van der Waals surface area contributed by atoms with Crippen LogP contribution in [0.2, 0.25) is 0 Å². The van der Waals surface area contributed by atoms with Gasteiger partial charge in [-0.25, -0.2) is 0 Å². The molecule has 0 spiro atoms. The van der Waals surface area contributed by atoms with Crippen LogP contribution in [0.5, 0.6) is 0 Å². The van der Waals surface area contributed by atoms with Crippen molar-refractivity contribution < 1.29 is 0 Å². The van der Waals surface area contributed by atoms with Gasteiger partial charge in [0.25, 0.3) is 0 Å². The van der Waals surface area contributed by atoms with E-state index < -0.39 is 0 Å². The van der Waals surface area contributed by atoms with Crippen molar-refractivity contribution in [3.63, 3.8) is 0 Å². The Balaban J connectivity index is 1.37. The molecule has 0 aliphatic heterocycles. The van der Waals surface area contributed by atoms with Gasteiger partial charge in [-0.05, 0) is 87.5 Å². The minimum absolute atomic E-state index is 0.832. The van der Waals surface area contributed by atoms with E-state index in [4.69, 9.17) is 0 Å². The summed E-state index contributed by atoms with van der Waals surface area (Å²) >= 11 is 0. The zero-order chi connectivity index (χ0) is 17.5. The lowest BCUT2D eigenvalue weighted by molar-refractivity contribution is 0.155. The van der Waals surface area contributed by atoms with Crippen LogP contribution in [0.15, 0.2) is 36.9 Å². The number of hydrogen-bond donors (Lipinski definition) is 0. The van der Waals surface area contributed by atoms with Gasteiger partial charge in [0, 0.05) is 0 Å². The van der Waals surface area contributed by atoms with Crippen molar-refractivity contribution in [3.05, 3.63) is 48.0 Å². The first-order valence-corrected chi connectivity index (χ1v) is 10.9. The van der Waals surface area contributed by atoms with E-state index >= 15 is 0 Å². The fourth-order valence-electron chi connectivity index (χ4n) is 5.43. The van der Waals surface area contributed by atoms with Gasteiger partial charge in [-0.3, -0.25) is 0 Å². The minimum atomic E-state index is 0.832. The lowest BCUT2D eigenvalue weighted by Gasteiger charge is -2.38. The van der Waals surface area contributed by atoms with Crippen LogP contribution in [0.4, 0.5) is 0 Å². The van der Waals surface area contributed by atoms with Gasteiger partial charge >= 0.3 is 0 Å². The maximum atomic E-state index is 3.84. The van der Waals surface area contributed by atoms with E-state index in [0.717, 1.165) is 23.7 Å². The molecule has 3 rings (SSSR count). The standard InChI is InChI=1S/C25H38/c1-3-4-5-6-7-21-10-14-23(15-11-21)25-18-16-24(17-19-25)22-12-8-20(2)9-13-22/h3,8-9,12-13,21,23-25H,1,4-7,10-11,14-19H2,2H3. The summed E-state index contributed by atoms with van der Waals surface area (Å²) in [5.74, 6) is 3.94. The van der Waals surface area contributed by atoms with Crippen molar-refractivity contribution in [1.29, 1.82) is 0 Å². The fraction of sp³-hybridized carbons (Fsp3) is 0.680. The maximum Gasteiger partial charge on any atom is -0.0162 e. The van der Waals surface area contributed by atoms with Crippen molar-refractivity contribution in [1.82, 2.24) is 0 Å². The van der Waals surface area contributed by atoms with Crippen LogP contribution in [0, 0.1) is 24.7 Å². The van der Waals surface area contributed by atoms with Crippen molar-refractivity contribution in [3.8, 4) is 0 Å². The Labute approximate surface area is 156 Å². The molecule has 138 valence electrons. The second kappa shape index (κ2) is 9.60. The van der Waals surface area contributed by atoms with Gasteiger partial charge in [-0.1, -0.05) is 61.6 Å². The van der Waals surface area contributed by atoms with Crippen LogP contribution < -0.4 is 0 Å². The van der Waals surface area contributed by atoms with Crippen LogP contribution in [0.25, 0.3) is 0 Å². The summed E-state index contributed by atoms with van der Waals surface area (Å²) in [5.41, 5.74) is 2.98. The molecular formula is C25H38. The average Bonchev–Trinajstić information content (AvgIpc) is 2.67. The molecule has 0 saturated heterocycles. The van der Waals surface area contributed by atoms with Crippen LogP contribution in [-0.4, -0.2) is 0 Å². The molecule has 2 aliphatic rings. The first-order chi connectivity index (χ1) is 12.3. The molecule has 1 aromatic rings. The molecule has 0 radical (unpaired) electrons. The molecule has 0 heteroatoms. The maximum absolute atomic E-state index is 3.84. The number of hydrogen-bond acceptors (Lipinski definition) is 0. The molecule has 2 aliphatic carbocycles. The number of benzene rings is 1. The monoisotopic (exact) mass is 338 g/mol. The molecule has 1 aromatic carbocycles. The van der Waals surface area contributed by atoms with E-state index in [1.54, 1.807) is 5.56 Å². The van der Waals surface area contributed by atoms with Crippen molar-refractivity contribution >= 4 is 0 Å². The van der Waals surface area contributed by atoms with Gasteiger partial charge in [-0.2, -0.15) is 0 Å². The quantitative estimate of drug-likeness (QED) is 0.351. The van der Waals surface area contributed by atoms with E-state index in [-0.39, 0.29) is 0 Å². The first-order valence-electron chi connectivity index (χ1n) is 10.9. The molecule has 0 nitrogen and oxygen atoms in total. The van der Waals surface area contributed by atoms with Crippen LogP contribution >= 0.6 is 0 Å². The third-order valence-corrected chi connectivity index (χ3v) is 7.15. The lowest BCUT2D eigenvalue weighted by Crippen LogP contribution is -2.25. The first kappa shape index (κ1) is 18.7. The molecular weight excluding hydrogens is 300 g/mol. The highest BCUT2D eigenvalue weighted by Crippen LogP contribution is 2.44. The summed E-state index contributed by atoms with van der Waals surface area (Å²) in [7, 11) is 0. The van der Waals surface area contributed by atoms with Gasteiger partial charge in [0.05, 0.1) is 0 Å². The van der Waals surface area contributed by atoms with Crippen LogP contribution in [0.1, 0.15) is 94.1 Å². The Kier molecular flexibility index (Phi) is 7.20. The van der Waals surface area contributed by atoms with Gasteiger partial charge < -0.3 is 0 Å². The predicted molar refractivity (Wildman–Crippen MR) is 110 cm³/mol. The second-order valence-corrected chi connectivity index (χ2v) is 8.88. The number of rotatable bonds is 7. The largest absolute Gasteiger partial charge is 0.103 e. The van der Waals surface area contributed by atoms with Gasteiger partial charge in [0.1, 0.15) is 0 Å². The lowest BCUT2D eigenvalue weighted by atomic mass is 9.68. The molecule has 0 heterocycles. The van der Waals surface area contributed by atoms with Crippen molar-refractivity contribution in [2.24, 2.45) is 17.8 Å². The highest BCUT2D eigenvalue weighted by Gasteiger charge is 2.31. The molecule has 0 aromatic heterocycles. The Morgan fingerprint density at radius 3 is 2.04 bits per heavy atom. The Bertz CT molecular complexity index is 495. The van der Waals surface area contributed by atoms with Crippen LogP contribution in [-0.2, 0) is 0 Å². The normalized spacial score (nSPS) is 30.1. The smallest absolute Gasteiger partial charge is 0.0162 e. The van der Waals surface area contributed by atoms with Crippen molar-refractivity contribution in [2.75, 3.05) is 0 Å². The minimum Gasteiger partial charge on any atom is -0.103 e. The predicted octanol–water partition coefficient (Wildman–Crippen LogP) is 7.82. The van der Waals surface area contributed by atoms with E-state index in [0.29, 0.717) is 0 Å². The van der Waals surface area contributed by atoms with E-state index in [9.17, 15) is 0 Å². The molecule has 0 amide bonds. The summed E-state index contributed by atoms with van der Waals surface area (Å²) in [5, 5.41) is 0. The third kappa shape index (κ3) is 5.47. The summed E-state index contributed by atoms with van der Waals surface area (Å²) < 4.78 is 0. The topological polar surface area (TPSA) is 0 Å². The summed E-state index contributed by atoms with van der Waals surface area (Å²) in [6, 6.07) is 9.32. The highest BCUT2D eigenvalue weighted by molar-refractivity contribution is 5.24. The van der Waals surface area contributed by atoms with Crippen LogP contribution in [0.3, 0.4) is 0 Å². The SMILES string of the molecule is C=CCCCCC1CCC(C2CCC(c3ccc(C)cc3)CC2)CC1. The number of unbranched alkanes of at least 4 members (excludes halogenated alkanes) is 2. The molecule has 2 saturated carbocycles. The van der Waals surface area contributed by atoms with Gasteiger partial charge in [0.2, 0.25) is 0 Å². The second-order valence-electron chi connectivity index (χ2n) is 8.88. The van der Waals surface area contributed by atoms with E-state index in [1.165, 1.54) is 82.6 Å². The Morgan fingerprint density at radius 2 is 1.44 bits per heavy atom. The molecule has 0 atom stereocenters.